The second-order valence-corrected chi connectivity index (χ2v) is 8.69. The SMILES string of the molecule is CC12CCCC(=O)NC1=CCC1C2CCC2(C)C(O)CCC12. The van der Waals surface area contributed by atoms with Gasteiger partial charge in [0.25, 0.3) is 0 Å². The molecule has 2 saturated carbocycles. The molecule has 3 aliphatic carbocycles. The van der Waals surface area contributed by atoms with Gasteiger partial charge in [0, 0.05) is 17.5 Å². The molecule has 2 N–H and O–H groups in total. The van der Waals surface area contributed by atoms with Crippen LogP contribution < -0.4 is 5.32 Å². The molecule has 3 fully saturated rings. The second-order valence-electron chi connectivity index (χ2n) is 8.69. The van der Waals surface area contributed by atoms with Crippen LogP contribution in [0.3, 0.4) is 0 Å². The second kappa shape index (κ2) is 4.83. The highest BCUT2D eigenvalue weighted by atomic mass is 16.3. The largest absolute Gasteiger partial charge is 0.393 e. The minimum atomic E-state index is -0.106. The van der Waals surface area contributed by atoms with Crippen molar-refractivity contribution in [3.63, 3.8) is 0 Å². The fourth-order valence-electron chi connectivity index (χ4n) is 6.41. The number of aliphatic hydroxyl groups is 1. The van der Waals surface area contributed by atoms with Gasteiger partial charge in [-0.1, -0.05) is 19.9 Å². The van der Waals surface area contributed by atoms with Crippen LogP contribution in [0.15, 0.2) is 11.8 Å². The lowest BCUT2D eigenvalue weighted by Gasteiger charge is -2.55. The summed E-state index contributed by atoms with van der Waals surface area (Å²) in [4.78, 5) is 11.9. The van der Waals surface area contributed by atoms with E-state index in [9.17, 15) is 9.90 Å². The van der Waals surface area contributed by atoms with Crippen LogP contribution in [-0.4, -0.2) is 17.1 Å². The average Bonchev–Trinajstić information content (AvgIpc) is 2.68. The Kier molecular flexibility index (Phi) is 3.24. The molecule has 3 heteroatoms. The number of carbonyl (C=O) groups excluding carboxylic acids is 1. The van der Waals surface area contributed by atoms with Gasteiger partial charge in [0.15, 0.2) is 0 Å². The number of carbonyl (C=O) groups is 1. The zero-order chi connectivity index (χ0) is 15.5. The Morgan fingerprint density at radius 2 is 2.00 bits per heavy atom. The molecule has 122 valence electrons. The Labute approximate surface area is 133 Å². The first-order valence-corrected chi connectivity index (χ1v) is 9.14. The van der Waals surface area contributed by atoms with E-state index in [2.05, 4.69) is 25.2 Å². The van der Waals surface area contributed by atoms with Crippen LogP contribution in [0, 0.1) is 28.6 Å². The minimum absolute atomic E-state index is 0.106. The van der Waals surface area contributed by atoms with Crippen LogP contribution in [0.2, 0.25) is 0 Å². The van der Waals surface area contributed by atoms with Gasteiger partial charge in [-0.2, -0.15) is 0 Å². The predicted molar refractivity (Wildman–Crippen MR) is 85.9 cm³/mol. The van der Waals surface area contributed by atoms with Crippen molar-refractivity contribution in [1.82, 2.24) is 5.32 Å². The van der Waals surface area contributed by atoms with E-state index < -0.39 is 0 Å². The van der Waals surface area contributed by atoms with Crippen molar-refractivity contribution >= 4 is 5.91 Å². The van der Waals surface area contributed by atoms with E-state index in [1.54, 1.807) is 0 Å². The molecule has 4 rings (SSSR count). The molecule has 0 aromatic carbocycles. The monoisotopic (exact) mass is 303 g/mol. The smallest absolute Gasteiger partial charge is 0.224 e. The lowest BCUT2D eigenvalue weighted by molar-refractivity contribution is -0.120. The summed E-state index contributed by atoms with van der Waals surface area (Å²) in [6, 6.07) is 0. The minimum Gasteiger partial charge on any atom is -0.393 e. The Morgan fingerprint density at radius 1 is 1.18 bits per heavy atom. The summed E-state index contributed by atoms with van der Waals surface area (Å²) in [7, 11) is 0. The van der Waals surface area contributed by atoms with Gasteiger partial charge in [-0.15, -0.1) is 0 Å². The molecule has 4 aliphatic rings. The van der Waals surface area contributed by atoms with Crippen molar-refractivity contribution in [3.05, 3.63) is 11.8 Å². The summed E-state index contributed by atoms with van der Waals surface area (Å²) < 4.78 is 0. The molecule has 0 aromatic heterocycles. The third kappa shape index (κ3) is 1.87. The molecule has 1 aliphatic heterocycles. The van der Waals surface area contributed by atoms with Gasteiger partial charge in [-0.3, -0.25) is 4.79 Å². The van der Waals surface area contributed by atoms with Crippen molar-refractivity contribution in [3.8, 4) is 0 Å². The molecule has 1 saturated heterocycles. The molecule has 22 heavy (non-hydrogen) atoms. The van der Waals surface area contributed by atoms with Crippen LogP contribution in [0.25, 0.3) is 0 Å². The van der Waals surface area contributed by atoms with E-state index in [1.165, 1.54) is 18.5 Å². The predicted octanol–water partition coefficient (Wildman–Crippen LogP) is 3.38. The van der Waals surface area contributed by atoms with E-state index >= 15 is 0 Å². The topological polar surface area (TPSA) is 49.3 Å². The average molecular weight is 303 g/mol. The number of nitrogens with one attached hydrogen (secondary N) is 1. The normalized spacial score (nSPS) is 51.0. The van der Waals surface area contributed by atoms with Gasteiger partial charge < -0.3 is 10.4 Å². The number of hydrogen-bond acceptors (Lipinski definition) is 2. The van der Waals surface area contributed by atoms with Crippen LogP contribution >= 0.6 is 0 Å². The van der Waals surface area contributed by atoms with Crippen molar-refractivity contribution < 1.29 is 9.90 Å². The molecule has 1 amide bonds. The van der Waals surface area contributed by atoms with Gasteiger partial charge in [-0.25, -0.2) is 0 Å². The molecule has 6 atom stereocenters. The van der Waals surface area contributed by atoms with E-state index in [1.807, 2.05) is 0 Å². The molecule has 1 heterocycles. The van der Waals surface area contributed by atoms with E-state index in [0.717, 1.165) is 32.1 Å². The summed E-state index contributed by atoms with van der Waals surface area (Å²) in [5.74, 6) is 2.23. The first kappa shape index (κ1) is 14.7. The summed E-state index contributed by atoms with van der Waals surface area (Å²) >= 11 is 0. The molecule has 0 radical (unpaired) electrons. The number of fused-ring (bicyclic) bond motifs is 5. The third-order valence-corrected chi connectivity index (χ3v) is 7.79. The summed E-state index contributed by atoms with van der Waals surface area (Å²) in [5, 5.41) is 13.7. The van der Waals surface area contributed by atoms with Crippen molar-refractivity contribution in [1.29, 1.82) is 0 Å². The summed E-state index contributed by atoms with van der Waals surface area (Å²) in [6.45, 7) is 4.71. The number of amides is 1. The maximum atomic E-state index is 11.9. The van der Waals surface area contributed by atoms with Crippen molar-refractivity contribution in [2.24, 2.45) is 28.6 Å². The fraction of sp³-hybridized carbons (Fsp3) is 0.842. The van der Waals surface area contributed by atoms with Crippen molar-refractivity contribution in [2.45, 2.75) is 71.3 Å². The van der Waals surface area contributed by atoms with Gasteiger partial charge in [0.2, 0.25) is 5.91 Å². The zero-order valence-corrected chi connectivity index (χ0v) is 13.9. The first-order valence-electron chi connectivity index (χ1n) is 9.14. The quantitative estimate of drug-likeness (QED) is 0.720. The van der Waals surface area contributed by atoms with Crippen molar-refractivity contribution in [2.75, 3.05) is 0 Å². The summed E-state index contributed by atoms with van der Waals surface area (Å²) in [6.07, 6.45) is 10.6. The number of allylic oxidation sites excluding steroid dienone is 2. The molecule has 0 spiro atoms. The van der Waals surface area contributed by atoms with Crippen LogP contribution in [0.1, 0.15) is 65.2 Å². The molecule has 0 aromatic rings. The van der Waals surface area contributed by atoms with Crippen LogP contribution in [-0.2, 0) is 4.79 Å². The summed E-state index contributed by atoms with van der Waals surface area (Å²) in [5.41, 5.74) is 1.49. The Hall–Kier alpha value is -0.830. The molecule has 3 nitrogen and oxygen atoms in total. The highest BCUT2D eigenvalue weighted by Crippen LogP contribution is 2.63. The third-order valence-electron chi connectivity index (χ3n) is 7.79. The zero-order valence-electron chi connectivity index (χ0n) is 13.9. The standard InChI is InChI=1S/C19H29NO2/c1-18-10-3-4-17(22)20-15(18)7-5-12-13-6-8-16(21)19(13,2)11-9-14(12)18/h7,12-14,16,21H,3-6,8-11H2,1-2H3,(H,20,22). The van der Waals surface area contributed by atoms with Gasteiger partial charge in [0.05, 0.1) is 6.10 Å². The highest BCUT2D eigenvalue weighted by Gasteiger charge is 2.58. The van der Waals surface area contributed by atoms with E-state index in [4.69, 9.17) is 0 Å². The lowest BCUT2D eigenvalue weighted by atomic mass is 9.50. The van der Waals surface area contributed by atoms with Crippen LogP contribution in [0.5, 0.6) is 0 Å². The van der Waals surface area contributed by atoms with Gasteiger partial charge in [-0.05, 0) is 68.1 Å². The Balaban J connectivity index is 1.69. The van der Waals surface area contributed by atoms with Gasteiger partial charge >= 0.3 is 0 Å². The Morgan fingerprint density at radius 3 is 2.82 bits per heavy atom. The highest BCUT2D eigenvalue weighted by molar-refractivity contribution is 5.78. The number of aliphatic hydroxyl groups excluding tert-OH is 1. The molecular formula is C19H29NO2. The number of rotatable bonds is 0. The molecular weight excluding hydrogens is 274 g/mol. The molecule has 6 unspecified atom stereocenters. The van der Waals surface area contributed by atoms with E-state index in [0.29, 0.717) is 24.2 Å². The maximum Gasteiger partial charge on any atom is 0.224 e. The van der Waals surface area contributed by atoms with E-state index in [-0.39, 0.29) is 22.8 Å². The van der Waals surface area contributed by atoms with Crippen LogP contribution in [0.4, 0.5) is 0 Å². The fourth-order valence-corrected chi connectivity index (χ4v) is 6.41. The van der Waals surface area contributed by atoms with Gasteiger partial charge in [0.1, 0.15) is 0 Å². The number of hydrogen-bond donors (Lipinski definition) is 2. The molecule has 0 bridgehead atoms. The maximum absolute atomic E-state index is 11.9. The Bertz CT molecular complexity index is 528. The lowest BCUT2D eigenvalue weighted by Crippen LogP contribution is -2.51. The first-order chi connectivity index (χ1) is 10.4.